The maximum Gasteiger partial charge on any atom is 0.0574 e. The molecule has 0 spiro atoms. The second-order valence-corrected chi connectivity index (χ2v) is 6.32. The molecule has 0 saturated heterocycles. The molecule has 2 N–H and O–H groups in total. The maximum absolute atomic E-state index is 10.1. The van der Waals surface area contributed by atoms with Gasteiger partial charge in [-0.3, -0.25) is 0 Å². The van der Waals surface area contributed by atoms with Gasteiger partial charge in [0, 0.05) is 6.61 Å². The predicted octanol–water partition coefficient (Wildman–Crippen LogP) is 4.45. The second kappa shape index (κ2) is 11.3. The van der Waals surface area contributed by atoms with Crippen LogP contribution in [0.4, 0.5) is 0 Å². The summed E-state index contributed by atoms with van der Waals surface area (Å²) in [6, 6.07) is 0. The highest BCUT2D eigenvalue weighted by Gasteiger charge is 2.33. The monoisotopic (exact) mass is 282 g/mol. The SMILES string of the molecule is CC/C=C\C[C@H]1[C@@H](CCCCCCCCO)CC[C@H]1O. The van der Waals surface area contributed by atoms with Crippen LogP contribution in [-0.2, 0) is 0 Å². The van der Waals surface area contributed by atoms with Crippen LogP contribution in [-0.4, -0.2) is 22.9 Å². The molecule has 2 heteroatoms. The Balaban J connectivity index is 2.13. The Hall–Kier alpha value is -0.340. The lowest BCUT2D eigenvalue weighted by Crippen LogP contribution is -2.18. The number of rotatable bonds is 11. The highest BCUT2D eigenvalue weighted by Crippen LogP contribution is 2.38. The molecule has 0 aromatic rings. The van der Waals surface area contributed by atoms with Crippen molar-refractivity contribution < 1.29 is 10.2 Å². The van der Waals surface area contributed by atoms with Crippen molar-refractivity contribution in [3.63, 3.8) is 0 Å². The summed E-state index contributed by atoms with van der Waals surface area (Å²) in [5, 5.41) is 18.8. The molecule has 1 aliphatic rings. The van der Waals surface area contributed by atoms with Crippen LogP contribution in [0.2, 0.25) is 0 Å². The standard InChI is InChI=1S/C18H34O2/c1-2-3-8-12-17-16(13-14-18(17)20)11-9-6-4-5-7-10-15-19/h3,8,16-20H,2,4-7,9-15H2,1H3/b8-3-/t16-,17-,18+/m0/s1. The predicted molar refractivity (Wildman–Crippen MR) is 85.7 cm³/mol. The van der Waals surface area contributed by atoms with Gasteiger partial charge in [0.1, 0.15) is 0 Å². The molecule has 0 aliphatic heterocycles. The van der Waals surface area contributed by atoms with E-state index in [0.29, 0.717) is 12.5 Å². The Morgan fingerprint density at radius 2 is 1.65 bits per heavy atom. The lowest BCUT2D eigenvalue weighted by Gasteiger charge is -2.20. The molecule has 3 atom stereocenters. The Bertz CT molecular complexity index is 250. The van der Waals surface area contributed by atoms with Gasteiger partial charge in [-0.15, -0.1) is 0 Å². The first-order valence-electron chi connectivity index (χ1n) is 8.73. The van der Waals surface area contributed by atoms with Crippen molar-refractivity contribution in [3.8, 4) is 0 Å². The number of hydrogen-bond acceptors (Lipinski definition) is 2. The van der Waals surface area contributed by atoms with Crippen molar-refractivity contribution >= 4 is 0 Å². The number of hydrogen-bond donors (Lipinski definition) is 2. The number of allylic oxidation sites excluding steroid dienone is 2. The van der Waals surface area contributed by atoms with E-state index in [-0.39, 0.29) is 6.10 Å². The molecule has 0 unspecified atom stereocenters. The largest absolute Gasteiger partial charge is 0.396 e. The van der Waals surface area contributed by atoms with Gasteiger partial charge in [-0.2, -0.15) is 0 Å². The first kappa shape index (κ1) is 17.7. The van der Waals surface area contributed by atoms with Gasteiger partial charge in [0.15, 0.2) is 0 Å². The van der Waals surface area contributed by atoms with Crippen molar-refractivity contribution in [2.75, 3.05) is 6.61 Å². The lowest BCUT2D eigenvalue weighted by molar-refractivity contribution is 0.116. The smallest absolute Gasteiger partial charge is 0.0574 e. The lowest BCUT2D eigenvalue weighted by atomic mass is 9.87. The zero-order valence-corrected chi connectivity index (χ0v) is 13.3. The van der Waals surface area contributed by atoms with Gasteiger partial charge >= 0.3 is 0 Å². The maximum atomic E-state index is 10.1. The number of unbranched alkanes of at least 4 members (excludes halogenated alkanes) is 5. The van der Waals surface area contributed by atoms with E-state index >= 15 is 0 Å². The van der Waals surface area contributed by atoms with E-state index in [1.54, 1.807) is 0 Å². The van der Waals surface area contributed by atoms with Crippen LogP contribution in [0.15, 0.2) is 12.2 Å². The molecule has 1 rings (SSSR count). The first-order valence-corrected chi connectivity index (χ1v) is 8.73. The van der Waals surface area contributed by atoms with Gasteiger partial charge in [-0.05, 0) is 43.9 Å². The average Bonchev–Trinajstić information content (AvgIpc) is 2.79. The molecule has 1 fully saturated rings. The van der Waals surface area contributed by atoms with Crippen LogP contribution >= 0.6 is 0 Å². The minimum absolute atomic E-state index is 0.0638. The minimum atomic E-state index is -0.0638. The summed E-state index contributed by atoms with van der Waals surface area (Å²) in [5.74, 6) is 1.25. The Morgan fingerprint density at radius 1 is 0.950 bits per heavy atom. The summed E-state index contributed by atoms with van der Waals surface area (Å²) < 4.78 is 0. The fourth-order valence-corrected chi connectivity index (χ4v) is 3.48. The quantitative estimate of drug-likeness (QED) is 0.434. The molecule has 118 valence electrons. The van der Waals surface area contributed by atoms with Gasteiger partial charge in [0.05, 0.1) is 6.10 Å². The molecule has 0 aromatic heterocycles. The van der Waals surface area contributed by atoms with Crippen LogP contribution in [0.5, 0.6) is 0 Å². The molecule has 0 bridgehead atoms. The van der Waals surface area contributed by atoms with E-state index in [9.17, 15) is 5.11 Å². The molecule has 1 saturated carbocycles. The highest BCUT2D eigenvalue weighted by molar-refractivity contribution is 4.91. The normalized spacial score (nSPS) is 26.6. The van der Waals surface area contributed by atoms with E-state index in [4.69, 9.17) is 5.11 Å². The number of aliphatic hydroxyl groups is 2. The van der Waals surface area contributed by atoms with Gasteiger partial charge in [0.25, 0.3) is 0 Å². The van der Waals surface area contributed by atoms with E-state index < -0.39 is 0 Å². The molecular formula is C18H34O2. The second-order valence-electron chi connectivity index (χ2n) is 6.32. The van der Waals surface area contributed by atoms with Gasteiger partial charge < -0.3 is 10.2 Å². The summed E-state index contributed by atoms with van der Waals surface area (Å²) in [5.41, 5.74) is 0. The molecule has 0 heterocycles. The highest BCUT2D eigenvalue weighted by atomic mass is 16.3. The average molecular weight is 282 g/mol. The fourth-order valence-electron chi connectivity index (χ4n) is 3.48. The van der Waals surface area contributed by atoms with Crippen molar-refractivity contribution in [1.29, 1.82) is 0 Å². The molecular weight excluding hydrogens is 248 g/mol. The Kier molecular flexibility index (Phi) is 10.0. The molecule has 20 heavy (non-hydrogen) atoms. The van der Waals surface area contributed by atoms with E-state index in [1.807, 2.05) is 0 Å². The van der Waals surface area contributed by atoms with Crippen molar-refractivity contribution in [2.45, 2.75) is 83.7 Å². The van der Waals surface area contributed by atoms with Gasteiger partial charge in [-0.25, -0.2) is 0 Å². The minimum Gasteiger partial charge on any atom is -0.396 e. The number of aliphatic hydroxyl groups excluding tert-OH is 2. The third-order valence-electron chi connectivity index (χ3n) is 4.73. The molecule has 2 nitrogen and oxygen atoms in total. The molecule has 0 aromatic carbocycles. The topological polar surface area (TPSA) is 40.5 Å². The van der Waals surface area contributed by atoms with Gasteiger partial charge in [0.2, 0.25) is 0 Å². The summed E-state index contributed by atoms with van der Waals surface area (Å²) in [6.45, 7) is 2.50. The Labute approximate surface area is 125 Å². The van der Waals surface area contributed by atoms with Crippen LogP contribution in [0.3, 0.4) is 0 Å². The molecule has 0 radical (unpaired) electrons. The van der Waals surface area contributed by atoms with Crippen LogP contribution < -0.4 is 0 Å². The molecule has 1 aliphatic carbocycles. The first-order chi connectivity index (χ1) is 9.79. The Morgan fingerprint density at radius 3 is 2.35 bits per heavy atom. The van der Waals surface area contributed by atoms with Gasteiger partial charge in [-0.1, -0.05) is 57.6 Å². The fraction of sp³-hybridized carbons (Fsp3) is 0.889. The van der Waals surface area contributed by atoms with E-state index in [1.165, 1.54) is 44.9 Å². The van der Waals surface area contributed by atoms with E-state index in [2.05, 4.69) is 19.1 Å². The van der Waals surface area contributed by atoms with Crippen molar-refractivity contribution in [1.82, 2.24) is 0 Å². The van der Waals surface area contributed by atoms with Crippen molar-refractivity contribution in [3.05, 3.63) is 12.2 Å². The summed E-state index contributed by atoms with van der Waals surface area (Å²) >= 11 is 0. The van der Waals surface area contributed by atoms with Crippen molar-refractivity contribution in [2.24, 2.45) is 11.8 Å². The molecule has 0 amide bonds. The van der Waals surface area contributed by atoms with Crippen LogP contribution in [0, 0.1) is 11.8 Å². The zero-order chi connectivity index (χ0) is 14.6. The van der Waals surface area contributed by atoms with E-state index in [0.717, 1.165) is 31.6 Å². The summed E-state index contributed by atoms with van der Waals surface area (Å²) in [4.78, 5) is 0. The zero-order valence-electron chi connectivity index (χ0n) is 13.3. The third kappa shape index (κ3) is 6.90. The third-order valence-corrected chi connectivity index (χ3v) is 4.73. The van der Waals surface area contributed by atoms with Crippen LogP contribution in [0.25, 0.3) is 0 Å². The summed E-state index contributed by atoms with van der Waals surface area (Å²) in [6.07, 6.45) is 17.4. The van der Waals surface area contributed by atoms with Crippen LogP contribution in [0.1, 0.15) is 77.6 Å². The summed E-state index contributed by atoms with van der Waals surface area (Å²) in [7, 11) is 0.